The fourth-order valence-electron chi connectivity index (χ4n) is 2.95. The van der Waals surface area contributed by atoms with Crippen LogP contribution < -0.4 is 14.4 Å². The lowest BCUT2D eigenvalue weighted by atomic mass is 10.1. The van der Waals surface area contributed by atoms with Crippen molar-refractivity contribution >= 4 is 33.2 Å². The molecule has 0 aliphatic carbocycles. The summed E-state index contributed by atoms with van der Waals surface area (Å²) >= 11 is 6.01. The van der Waals surface area contributed by atoms with E-state index in [2.05, 4.69) is 5.32 Å². The Balaban J connectivity index is 1.88. The maximum atomic E-state index is 12.4. The van der Waals surface area contributed by atoms with Crippen molar-refractivity contribution in [3.63, 3.8) is 0 Å². The molecule has 0 spiro atoms. The molecule has 0 radical (unpaired) electrons. The second kappa shape index (κ2) is 10.7. The van der Waals surface area contributed by atoms with Crippen molar-refractivity contribution in [3.8, 4) is 5.75 Å². The van der Waals surface area contributed by atoms with Crippen molar-refractivity contribution in [1.82, 2.24) is 5.32 Å². The minimum Gasteiger partial charge on any atom is -0.491 e. The maximum absolute atomic E-state index is 12.4. The predicted molar refractivity (Wildman–Crippen MR) is 122 cm³/mol. The first kappa shape index (κ1) is 24.0. The summed E-state index contributed by atoms with van der Waals surface area (Å²) in [6, 6.07) is 12.8. The highest BCUT2D eigenvalue weighted by Gasteiger charge is 2.22. The molecule has 0 aliphatic rings. The number of nitrogens with one attached hydrogen (secondary N) is 1. The number of benzene rings is 2. The van der Waals surface area contributed by atoms with Crippen LogP contribution in [0.5, 0.6) is 5.75 Å². The van der Waals surface area contributed by atoms with Crippen LogP contribution in [-0.4, -0.2) is 39.8 Å². The summed E-state index contributed by atoms with van der Waals surface area (Å²) in [7, 11) is -3.64. The summed E-state index contributed by atoms with van der Waals surface area (Å²) in [6.07, 6.45) is 2.75. The predicted octanol–water partition coefficient (Wildman–Crippen LogP) is 3.95. The summed E-state index contributed by atoms with van der Waals surface area (Å²) in [5.74, 6) is 0.472. The van der Waals surface area contributed by atoms with Crippen LogP contribution in [-0.2, 0) is 21.2 Å². The average Bonchev–Trinajstić information content (AvgIpc) is 2.65. The molecule has 0 saturated heterocycles. The fourth-order valence-corrected chi connectivity index (χ4v) is 4.02. The lowest BCUT2D eigenvalue weighted by Crippen LogP contribution is -2.41. The van der Waals surface area contributed by atoms with Gasteiger partial charge in [0.1, 0.15) is 12.3 Å². The summed E-state index contributed by atoms with van der Waals surface area (Å²) in [5, 5.41) is 3.21. The molecule has 30 heavy (non-hydrogen) atoms. The van der Waals surface area contributed by atoms with E-state index < -0.39 is 10.0 Å². The second-order valence-corrected chi connectivity index (χ2v) is 9.81. The molecule has 2 rings (SSSR count). The van der Waals surface area contributed by atoms with E-state index in [9.17, 15) is 13.2 Å². The number of rotatable bonds is 10. The third kappa shape index (κ3) is 7.54. The highest BCUT2D eigenvalue weighted by Crippen LogP contribution is 2.26. The van der Waals surface area contributed by atoms with E-state index in [4.69, 9.17) is 16.3 Å². The Bertz CT molecular complexity index is 960. The molecule has 6 nitrogen and oxygen atoms in total. The minimum atomic E-state index is -3.64. The van der Waals surface area contributed by atoms with Crippen molar-refractivity contribution < 1.29 is 17.9 Å². The van der Waals surface area contributed by atoms with Crippen molar-refractivity contribution in [3.05, 3.63) is 58.6 Å². The van der Waals surface area contributed by atoms with Gasteiger partial charge in [0.15, 0.2) is 0 Å². The number of carbonyl (C=O) groups is 1. The molecule has 0 fully saturated rings. The number of nitrogens with zero attached hydrogens (tertiary/aromatic N) is 1. The molecule has 164 valence electrons. The smallest absolute Gasteiger partial charge is 0.240 e. The molecule has 0 unspecified atom stereocenters. The Kier molecular flexibility index (Phi) is 8.55. The first-order valence-electron chi connectivity index (χ1n) is 9.82. The number of halogens is 1. The van der Waals surface area contributed by atoms with Crippen LogP contribution in [0.4, 0.5) is 5.69 Å². The Morgan fingerprint density at radius 3 is 2.43 bits per heavy atom. The van der Waals surface area contributed by atoms with E-state index in [1.54, 1.807) is 25.1 Å². The Labute approximate surface area is 184 Å². The quantitative estimate of drug-likeness (QED) is 0.554. The molecule has 0 bridgehead atoms. The van der Waals surface area contributed by atoms with Crippen molar-refractivity contribution in [1.29, 1.82) is 0 Å². The number of ether oxygens (including phenoxy) is 1. The highest BCUT2D eigenvalue weighted by molar-refractivity contribution is 7.92. The molecular formula is C22H29ClN2O4S. The van der Waals surface area contributed by atoms with Gasteiger partial charge in [-0.25, -0.2) is 8.42 Å². The molecule has 0 heterocycles. The van der Waals surface area contributed by atoms with Gasteiger partial charge in [0.2, 0.25) is 15.9 Å². The lowest BCUT2D eigenvalue weighted by molar-refractivity contribution is -0.119. The first-order valence-corrected chi connectivity index (χ1v) is 12.0. The molecule has 0 atom stereocenters. The van der Waals surface area contributed by atoms with E-state index in [1.807, 2.05) is 38.1 Å². The van der Waals surface area contributed by atoms with Gasteiger partial charge in [-0.15, -0.1) is 0 Å². The molecule has 1 amide bonds. The van der Waals surface area contributed by atoms with Gasteiger partial charge in [-0.1, -0.05) is 29.8 Å². The average molecular weight is 453 g/mol. The van der Waals surface area contributed by atoms with Crippen LogP contribution in [0, 0.1) is 6.92 Å². The monoisotopic (exact) mass is 452 g/mol. The van der Waals surface area contributed by atoms with Crippen LogP contribution >= 0.6 is 11.6 Å². The third-order valence-corrected chi connectivity index (χ3v) is 5.75. The van der Waals surface area contributed by atoms with Crippen molar-refractivity contribution in [2.75, 3.05) is 23.7 Å². The largest absolute Gasteiger partial charge is 0.491 e. The van der Waals surface area contributed by atoms with Gasteiger partial charge >= 0.3 is 0 Å². The minimum absolute atomic E-state index is 0.133. The zero-order chi connectivity index (χ0) is 22.3. The number of aryl methyl sites for hydroxylation is 2. The fraction of sp³-hybridized carbons (Fsp3) is 0.409. The molecule has 2 aromatic carbocycles. The molecular weight excluding hydrogens is 424 g/mol. The van der Waals surface area contributed by atoms with Crippen molar-refractivity contribution in [2.45, 2.75) is 39.7 Å². The number of sulfonamides is 1. The van der Waals surface area contributed by atoms with E-state index in [0.717, 1.165) is 40.3 Å². The van der Waals surface area contributed by atoms with Crippen LogP contribution in [0.1, 0.15) is 31.4 Å². The van der Waals surface area contributed by atoms with Gasteiger partial charge < -0.3 is 10.1 Å². The normalized spacial score (nSPS) is 11.4. The zero-order valence-corrected chi connectivity index (χ0v) is 19.4. The van der Waals surface area contributed by atoms with Gasteiger partial charge in [0.05, 0.1) is 18.0 Å². The lowest BCUT2D eigenvalue weighted by Gasteiger charge is -2.23. The van der Waals surface area contributed by atoms with Crippen molar-refractivity contribution in [2.24, 2.45) is 0 Å². The van der Waals surface area contributed by atoms with Gasteiger partial charge in [0.25, 0.3) is 0 Å². The zero-order valence-electron chi connectivity index (χ0n) is 17.8. The molecule has 0 aliphatic heterocycles. The number of hydrogen-bond donors (Lipinski definition) is 1. The number of amides is 1. The standard InChI is InChI=1S/C22H29ClN2O4S/c1-16(2)29-20-11-8-18(9-12-20)6-5-13-24-22(26)15-25(30(4,27)28)21-14-19(23)10-7-17(21)3/h7-12,14,16H,5-6,13,15H2,1-4H3,(H,24,26). The Hall–Kier alpha value is -2.25. The van der Waals surface area contributed by atoms with E-state index in [0.29, 0.717) is 17.3 Å². The Morgan fingerprint density at radius 1 is 1.17 bits per heavy atom. The van der Waals surface area contributed by atoms with E-state index >= 15 is 0 Å². The summed E-state index contributed by atoms with van der Waals surface area (Å²) in [4.78, 5) is 12.4. The Morgan fingerprint density at radius 2 is 1.83 bits per heavy atom. The van der Waals surface area contributed by atoms with Gasteiger partial charge in [-0.2, -0.15) is 0 Å². The highest BCUT2D eigenvalue weighted by atomic mass is 35.5. The van der Waals surface area contributed by atoms with Crippen LogP contribution in [0.2, 0.25) is 5.02 Å². The number of carbonyl (C=O) groups excluding carboxylic acids is 1. The van der Waals surface area contributed by atoms with Crippen LogP contribution in [0.3, 0.4) is 0 Å². The molecule has 8 heteroatoms. The molecule has 1 N–H and O–H groups in total. The summed E-state index contributed by atoms with van der Waals surface area (Å²) < 4.78 is 31.2. The van der Waals surface area contributed by atoms with Crippen LogP contribution in [0.15, 0.2) is 42.5 Å². The van der Waals surface area contributed by atoms with Crippen LogP contribution in [0.25, 0.3) is 0 Å². The summed E-state index contributed by atoms with van der Waals surface area (Å²) in [6.45, 7) is 5.90. The third-order valence-electron chi connectivity index (χ3n) is 4.39. The summed E-state index contributed by atoms with van der Waals surface area (Å²) in [5.41, 5.74) is 2.28. The topological polar surface area (TPSA) is 75.7 Å². The van der Waals surface area contributed by atoms with Gasteiger partial charge in [-0.3, -0.25) is 9.10 Å². The van der Waals surface area contributed by atoms with Gasteiger partial charge in [-0.05, 0) is 69.0 Å². The maximum Gasteiger partial charge on any atom is 0.240 e. The molecule has 0 aromatic heterocycles. The SMILES string of the molecule is Cc1ccc(Cl)cc1N(CC(=O)NCCCc1ccc(OC(C)C)cc1)S(C)(=O)=O. The second-order valence-electron chi connectivity index (χ2n) is 7.46. The number of hydrogen-bond acceptors (Lipinski definition) is 4. The van der Waals surface area contributed by atoms with E-state index in [-0.39, 0.29) is 18.6 Å². The number of anilines is 1. The van der Waals surface area contributed by atoms with E-state index in [1.165, 1.54) is 0 Å². The van der Waals surface area contributed by atoms with Gasteiger partial charge in [0, 0.05) is 11.6 Å². The molecule has 0 saturated carbocycles. The molecule has 2 aromatic rings. The first-order chi connectivity index (χ1) is 14.1.